The quantitative estimate of drug-likeness (QED) is 0.760. The molecular formula is C20H31Cl2N3O2. The highest BCUT2D eigenvalue weighted by Crippen LogP contribution is 2.27. The fourth-order valence-corrected chi connectivity index (χ4v) is 3.47. The van der Waals surface area contributed by atoms with Gasteiger partial charge >= 0.3 is 0 Å². The SMILES string of the molecule is CN(C(=O)c1ccc(NC(=O)[C@@H](N)C(C)(C)C)cc1Cl)C1CCCCC1.Cl. The molecule has 5 nitrogen and oxygen atoms in total. The molecule has 0 saturated heterocycles. The van der Waals surface area contributed by atoms with Crippen molar-refractivity contribution in [2.75, 3.05) is 12.4 Å². The first kappa shape index (κ1) is 23.7. The minimum Gasteiger partial charge on any atom is -0.339 e. The van der Waals surface area contributed by atoms with Crippen molar-refractivity contribution in [2.24, 2.45) is 11.1 Å². The number of halogens is 2. The Labute approximate surface area is 173 Å². The van der Waals surface area contributed by atoms with Crippen molar-refractivity contribution in [3.05, 3.63) is 28.8 Å². The second-order valence-corrected chi connectivity index (χ2v) is 8.64. The smallest absolute Gasteiger partial charge is 0.255 e. The molecule has 1 saturated carbocycles. The van der Waals surface area contributed by atoms with Crippen LogP contribution >= 0.6 is 24.0 Å². The lowest BCUT2D eigenvalue weighted by molar-refractivity contribution is -0.119. The molecule has 1 fully saturated rings. The predicted molar refractivity (Wildman–Crippen MR) is 114 cm³/mol. The van der Waals surface area contributed by atoms with E-state index in [0.29, 0.717) is 16.3 Å². The highest BCUT2D eigenvalue weighted by atomic mass is 35.5. The lowest BCUT2D eigenvalue weighted by Gasteiger charge is -2.31. The number of amides is 2. The number of hydrogen-bond donors (Lipinski definition) is 2. The van der Waals surface area contributed by atoms with E-state index in [1.54, 1.807) is 23.1 Å². The zero-order valence-corrected chi connectivity index (χ0v) is 18.1. The van der Waals surface area contributed by atoms with E-state index in [-0.39, 0.29) is 35.7 Å². The first-order chi connectivity index (χ1) is 12.1. The molecule has 0 radical (unpaired) electrons. The molecule has 1 atom stereocenters. The van der Waals surface area contributed by atoms with E-state index in [1.807, 2.05) is 27.8 Å². The zero-order chi connectivity index (χ0) is 19.5. The molecule has 2 amide bonds. The van der Waals surface area contributed by atoms with Crippen LogP contribution in [0.1, 0.15) is 63.2 Å². The molecule has 2 rings (SSSR count). The van der Waals surface area contributed by atoms with E-state index in [1.165, 1.54) is 6.42 Å². The van der Waals surface area contributed by atoms with Gasteiger partial charge in [-0.2, -0.15) is 0 Å². The number of benzene rings is 1. The molecule has 1 aromatic carbocycles. The zero-order valence-electron chi connectivity index (χ0n) is 16.5. The van der Waals surface area contributed by atoms with Gasteiger partial charge in [-0.25, -0.2) is 0 Å². The number of rotatable bonds is 4. The summed E-state index contributed by atoms with van der Waals surface area (Å²) in [4.78, 5) is 26.8. The standard InChI is InChI=1S/C20H30ClN3O2.ClH/c1-20(2,3)17(22)18(25)23-13-10-11-15(16(21)12-13)19(26)24(4)14-8-6-5-7-9-14;/h10-12,14,17H,5-9,22H2,1-4H3,(H,23,25);1H/t17-;/m1./s1. The Morgan fingerprint density at radius 1 is 1.22 bits per heavy atom. The third-order valence-electron chi connectivity index (χ3n) is 5.13. The number of anilines is 1. The van der Waals surface area contributed by atoms with Gasteiger partial charge in [0, 0.05) is 18.8 Å². The van der Waals surface area contributed by atoms with E-state index in [0.717, 1.165) is 25.7 Å². The molecule has 7 heteroatoms. The lowest BCUT2D eigenvalue weighted by atomic mass is 9.87. The minimum atomic E-state index is -0.639. The first-order valence-corrected chi connectivity index (χ1v) is 9.62. The van der Waals surface area contributed by atoms with Crippen molar-refractivity contribution in [2.45, 2.75) is 65.0 Å². The van der Waals surface area contributed by atoms with E-state index in [9.17, 15) is 9.59 Å². The molecule has 1 aliphatic carbocycles. The molecular weight excluding hydrogens is 385 g/mol. The summed E-state index contributed by atoms with van der Waals surface area (Å²) < 4.78 is 0. The molecule has 152 valence electrons. The second-order valence-electron chi connectivity index (χ2n) is 8.24. The van der Waals surface area contributed by atoms with Crippen LogP contribution in [-0.2, 0) is 4.79 Å². The van der Waals surface area contributed by atoms with E-state index in [4.69, 9.17) is 17.3 Å². The minimum absolute atomic E-state index is 0. The van der Waals surface area contributed by atoms with Gasteiger partial charge in [-0.1, -0.05) is 51.6 Å². The maximum absolute atomic E-state index is 12.8. The summed E-state index contributed by atoms with van der Waals surface area (Å²) in [6.07, 6.45) is 5.64. The number of nitrogens with one attached hydrogen (secondary N) is 1. The lowest BCUT2D eigenvalue weighted by Crippen LogP contribution is -2.45. The van der Waals surface area contributed by atoms with Crippen molar-refractivity contribution in [1.82, 2.24) is 4.90 Å². The van der Waals surface area contributed by atoms with Gasteiger partial charge in [-0.3, -0.25) is 9.59 Å². The summed E-state index contributed by atoms with van der Waals surface area (Å²) in [6, 6.07) is 4.61. The topological polar surface area (TPSA) is 75.4 Å². The van der Waals surface area contributed by atoms with Crippen LogP contribution in [0.2, 0.25) is 5.02 Å². The van der Waals surface area contributed by atoms with Gasteiger partial charge < -0.3 is 16.0 Å². The molecule has 0 spiro atoms. The predicted octanol–water partition coefficient (Wildman–Crippen LogP) is 4.48. The maximum Gasteiger partial charge on any atom is 0.255 e. The van der Waals surface area contributed by atoms with Crippen LogP contribution in [0.4, 0.5) is 5.69 Å². The normalized spacial score (nSPS) is 16.2. The summed E-state index contributed by atoms with van der Waals surface area (Å²) in [7, 11) is 1.84. The Morgan fingerprint density at radius 3 is 2.33 bits per heavy atom. The largest absolute Gasteiger partial charge is 0.339 e. The number of carbonyl (C=O) groups is 2. The average molecular weight is 416 g/mol. The molecule has 1 aromatic rings. The molecule has 1 aliphatic rings. The number of carbonyl (C=O) groups excluding carboxylic acids is 2. The van der Waals surface area contributed by atoms with E-state index in [2.05, 4.69) is 5.32 Å². The van der Waals surface area contributed by atoms with Crippen molar-refractivity contribution in [3.8, 4) is 0 Å². The van der Waals surface area contributed by atoms with Crippen molar-refractivity contribution in [3.63, 3.8) is 0 Å². The monoisotopic (exact) mass is 415 g/mol. The van der Waals surface area contributed by atoms with Crippen LogP contribution in [0.25, 0.3) is 0 Å². The Hall–Kier alpha value is -1.30. The van der Waals surface area contributed by atoms with Crippen LogP contribution in [0, 0.1) is 5.41 Å². The summed E-state index contributed by atoms with van der Waals surface area (Å²) in [5.41, 5.74) is 6.63. The summed E-state index contributed by atoms with van der Waals surface area (Å²) in [5.74, 6) is -0.349. The maximum atomic E-state index is 12.8. The number of hydrogen-bond acceptors (Lipinski definition) is 3. The first-order valence-electron chi connectivity index (χ1n) is 9.24. The molecule has 3 N–H and O–H groups in total. The Morgan fingerprint density at radius 2 is 1.81 bits per heavy atom. The van der Waals surface area contributed by atoms with Crippen LogP contribution in [0.5, 0.6) is 0 Å². The van der Waals surface area contributed by atoms with Crippen molar-refractivity contribution >= 4 is 41.5 Å². The van der Waals surface area contributed by atoms with Gasteiger partial charge in [0.1, 0.15) is 0 Å². The third kappa shape index (κ3) is 6.09. The van der Waals surface area contributed by atoms with Crippen molar-refractivity contribution < 1.29 is 9.59 Å². The Balaban J connectivity index is 0.00000364. The van der Waals surface area contributed by atoms with Gasteiger partial charge in [0.15, 0.2) is 0 Å². The highest BCUT2D eigenvalue weighted by Gasteiger charge is 2.28. The summed E-state index contributed by atoms with van der Waals surface area (Å²) in [5, 5.41) is 3.11. The third-order valence-corrected chi connectivity index (χ3v) is 5.44. The van der Waals surface area contributed by atoms with Crippen LogP contribution in [0.15, 0.2) is 18.2 Å². The summed E-state index contributed by atoms with van der Waals surface area (Å²) >= 11 is 6.33. The van der Waals surface area contributed by atoms with Gasteiger partial charge in [-0.05, 0) is 36.5 Å². The Bertz CT molecular complexity index is 668. The second kappa shape index (κ2) is 9.76. The van der Waals surface area contributed by atoms with Crippen molar-refractivity contribution in [1.29, 1.82) is 0 Å². The van der Waals surface area contributed by atoms with Gasteiger partial charge in [0.2, 0.25) is 5.91 Å². The number of nitrogens with zero attached hydrogens (tertiary/aromatic N) is 1. The number of nitrogens with two attached hydrogens (primary N) is 1. The highest BCUT2D eigenvalue weighted by molar-refractivity contribution is 6.34. The van der Waals surface area contributed by atoms with Crippen LogP contribution < -0.4 is 11.1 Å². The molecule has 0 heterocycles. The summed E-state index contributed by atoms with van der Waals surface area (Å²) in [6.45, 7) is 5.73. The fourth-order valence-electron chi connectivity index (χ4n) is 3.20. The van der Waals surface area contributed by atoms with Gasteiger partial charge in [-0.15, -0.1) is 12.4 Å². The molecule has 0 unspecified atom stereocenters. The average Bonchev–Trinajstić information content (AvgIpc) is 2.60. The molecule has 0 aliphatic heterocycles. The van der Waals surface area contributed by atoms with Gasteiger partial charge in [0.05, 0.1) is 16.6 Å². The van der Waals surface area contributed by atoms with Crippen LogP contribution in [0.3, 0.4) is 0 Å². The Kier molecular flexibility index (Phi) is 8.58. The fraction of sp³-hybridized carbons (Fsp3) is 0.600. The molecule has 0 aromatic heterocycles. The van der Waals surface area contributed by atoms with Gasteiger partial charge in [0.25, 0.3) is 5.91 Å². The molecule has 0 bridgehead atoms. The molecule has 27 heavy (non-hydrogen) atoms. The van der Waals surface area contributed by atoms with Crippen LogP contribution in [-0.4, -0.2) is 35.8 Å². The van der Waals surface area contributed by atoms with E-state index < -0.39 is 6.04 Å². The van der Waals surface area contributed by atoms with E-state index >= 15 is 0 Å².